The second-order valence-electron chi connectivity index (χ2n) is 8.22. The zero-order chi connectivity index (χ0) is 23.9. The topological polar surface area (TPSA) is 105 Å². The van der Waals surface area contributed by atoms with Gasteiger partial charge in [0.2, 0.25) is 5.91 Å². The molecule has 0 saturated heterocycles. The molecule has 1 aromatic carbocycles. The molecule has 0 bridgehead atoms. The number of halogens is 1. The summed E-state index contributed by atoms with van der Waals surface area (Å²) in [5.41, 5.74) is 0.623. The second kappa shape index (κ2) is 10.8. The summed E-state index contributed by atoms with van der Waals surface area (Å²) in [5.74, 6) is -1.47. The van der Waals surface area contributed by atoms with E-state index in [1.165, 1.54) is 35.6 Å². The van der Waals surface area contributed by atoms with Crippen LogP contribution in [-0.4, -0.2) is 35.2 Å². The average Bonchev–Trinajstić information content (AvgIpc) is 3.62. The molecule has 1 aliphatic rings. The van der Waals surface area contributed by atoms with Crippen molar-refractivity contribution in [2.45, 2.75) is 44.3 Å². The molecular formula is C25H26FN3O5. The standard InChI is InChI=1S/C25H26FN3O5/c26-18-11-9-17(10-12-18)16-29(22(30)15-27-24(31)21-8-4-14-34-21)23(20-7-3-13-33-20)25(32)28-19-5-1-2-6-19/h3-4,7-14,19,23H,1-2,5-6,15-16H2,(H,27,31)(H,28,32)/t23-/m0/s1. The molecule has 0 spiro atoms. The molecule has 1 fully saturated rings. The summed E-state index contributed by atoms with van der Waals surface area (Å²) in [6, 6.07) is 11.0. The van der Waals surface area contributed by atoms with E-state index in [0.717, 1.165) is 25.7 Å². The monoisotopic (exact) mass is 467 g/mol. The highest BCUT2D eigenvalue weighted by atomic mass is 19.1. The number of rotatable bonds is 9. The minimum absolute atomic E-state index is 0.0131. The van der Waals surface area contributed by atoms with Gasteiger partial charge in [0.05, 0.1) is 19.1 Å². The highest BCUT2D eigenvalue weighted by Gasteiger charge is 2.35. The van der Waals surface area contributed by atoms with Crippen molar-refractivity contribution in [1.29, 1.82) is 0 Å². The maximum atomic E-state index is 13.4. The fraction of sp³-hybridized carbons (Fsp3) is 0.320. The Morgan fingerprint density at radius 3 is 2.35 bits per heavy atom. The van der Waals surface area contributed by atoms with Crippen LogP contribution in [0.15, 0.2) is 69.9 Å². The zero-order valence-corrected chi connectivity index (χ0v) is 18.5. The number of furan rings is 2. The van der Waals surface area contributed by atoms with E-state index >= 15 is 0 Å². The lowest BCUT2D eigenvalue weighted by molar-refractivity contribution is -0.141. The SMILES string of the molecule is O=C(NCC(=O)N(Cc1ccc(F)cc1)[C@H](C(=O)NC1CCCC1)c1ccco1)c1ccco1. The first kappa shape index (κ1) is 23.3. The van der Waals surface area contributed by atoms with Crippen molar-refractivity contribution >= 4 is 17.7 Å². The lowest BCUT2D eigenvalue weighted by Gasteiger charge is -2.31. The van der Waals surface area contributed by atoms with Crippen molar-refractivity contribution in [3.8, 4) is 0 Å². The number of nitrogens with one attached hydrogen (secondary N) is 2. The van der Waals surface area contributed by atoms with Crippen LogP contribution in [0, 0.1) is 5.82 Å². The van der Waals surface area contributed by atoms with Crippen molar-refractivity contribution < 1.29 is 27.6 Å². The van der Waals surface area contributed by atoms with E-state index in [4.69, 9.17) is 8.83 Å². The van der Waals surface area contributed by atoms with Gasteiger partial charge in [-0.25, -0.2) is 4.39 Å². The molecule has 0 aliphatic heterocycles. The van der Waals surface area contributed by atoms with Gasteiger partial charge in [-0.2, -0.15) is 0 Å². The van der Waals surface area contributed by atoms with E-state index < -0.39 is 23.7 Å². The van der Waals surface area contributed by atoms with Crippen LogP contribution in [0.4, 0.5) is 4.39 Å². The number of carbonyl (C=O) groups is 3. The molecule has 9 heteroatoms. The summed E-state index contributed by atoms with van der Waals surface area (Å²) >= 11 is 0. The van der Waals surface area contributed by atoms with E-state index in [9.17, 15) is 18.8 Å². The lowest BCUT2D eigenvalue weighted by atomic mass is 10.1. The fourth-order valence-electron chi connectivity index (χ4n) is 4.08. The van der Waals surface area contributed by atoms with Gasteiger partial charge in [-0.05, 0) is 54.8 Å². The van der Waals surface area contributed by atoms with Gasteiger partial charge in [-0.1, -0.05) is 25.0 Å². The Hall–Kier alpha value is -3.88. The van der Waals surface area contributed by atoms with Crippen LogP contribution in [0.25, 0.3) is 0 Å². The molecule has 2 heterocycles. The Morgan fingerprint density at radius 2 is 1.71 bits per heavy atom. The maximum absolute atomic E-state index is 13.4. The van der Waals surface area contributed by atoms with Gasteiger partial charge in [0.15, 0.2) is 11.8 Å². The predicted octanol–water partition coefficient (Wildman–Crippen LogP) is 3.57. The van der Waals surface area contributed by atoms with E-state index in [2.05, 4.69) is 10.6 Å². The minimum atomic E-state index is -1.06. The van der Waals surface area contributed by atoms with Crippen LogP contribution in [0.5, 0.6) is 0 Å². The molecular weight excluding hydrogens is 441 g/mol. The Kier molecular flexibility index (Phi) is 7.41. The van der Waals surface area contributed by atoms with Crippen LogP contribution in [-0.2, 0) is 16.1 Å². The maximum Gasteiger partial charge on any atom is 0.287 e. The van der Waals surface area contributed by atoms with Crippen LogP contribution in [0.2, 0.25) is 0 Å². The normalized spacial score (nSPS) is 14.5. The van der Waals surface area contributed by atoms with Crippen molar-refractivity contribution in [2.75, 3.05) is 6.54 Å². The number of amides is 3. The molecule has 178 valence electrons. The van der Waals surface area contributed by atoms with Gasteiger partial charge >= 0.3 is 0 Å². The molecule has 3 aromatic rings. The summed E-state index contributed by atoms with van der Waals surface area (Å²) in [6.07, 6.45) is 6.62. The summed E-state index contributed by atoms with van der Waals surface area (Å²) in [5, 5.41) is 5.56. The van der Waals surface area contributed by atoms with Crippen molar-refractivity contribution in [3.63, 3.8) is 0 Å². The number of hydrogen-bond acceptors (Lipinski definition) is 5. The molecule has 1 saturated carbocycles. The molecule has 2 aromatic heterocycles. The summed E-state index contributed by atoms with van der Waals surface area (Å²) in [7, 11) is 0. The number of hydrogen-bond donors (Lipinski definition) is 2. The van der Waals surface area contributed by atoms with Crippen molar-refractivity contribution in [3.05, 3.63) is 84.0 Å². The first-order valence-corrected chi connectivity index (χ1v) is 11.2. The molecule has 1 aliphatic carbocycles. The van der Waals surface area contributed by atoms with E-state index in [-0.39, 0.29) is 30.8 Å². The third-order valence-corrected chi connectivity index (χ3v) is 5.81. The van der Waals surface area contributed by atoms with Crippen LogP contribution >= 0.6 is 0 Å². The molecule has 34 heavy (non-hydrogen) atoms. The highest BCUT2D eigenvalue weighted by molar-refractivity contribution is 5.95. The van der Waals surface area contributed by atoms with Gasteiger partial charge in [-0.3, -0.25) is 14.4 Å². The van der Waals surface area contributed by atoms with Gasteiger partial charge in [-0.15, -0.1) is 0 Å². The van der Waals surface area contributed by atoms with Crippen LogP contribution < -0.4 is 10.6 Å². The van der Waals surface area contributed by atoms with Crippen molar-refractivity contribution in [2.24, 2.45) is 0 Å². The summed E-state index contributed by atoms with van der Waals surface area (Å²) in [6.45, 7) is -0.353. The average molecular weight is 467 g/mol. The Morgan fingerprint density at radius 1 is 1.00 bits per heavy atom. The van der Waals surface area contributed by atoms with E-state index in [1.807, 2.05) is 0 Å². The zero-order valence-electron chi connectivity index (χ0n) is 18.5. The van der Waals surface area contributed by atoms with Gasteiger partial charge < -0.3 is 24.4 Å². The third kappa shape index (κ3) is 5.72. The Labute approximate surface area is 196 Å². The number of benzene rings is 1. The predicted molar refractivity (Wildman–Crippen MR) is 120 cm³/mol. The third-order valence-electron chi connectivity index (χ3n) is 5.81. The fourth-order valence-corrected chi connectivity index (χ4v) is 4.08. The van der Waals surface area contributed by atoms with Gasteiger partial charge in [0.1, 0.15) is 11.6 Å². The molecule has 0 radical (unpaired) electrons. The molecule has 3 amide bonds. The van der Waals surface area contributed by atoms with Crippen LogP contribution in [0.1, 0.15) is 53.6 Å². The second-order valence-corrected chi connectivity index (χ2v) is 8.22. The van der Waals surface area contributed by atoms with Gasteiger partial charge in [0.25, 0.3) is 11.8 Å². The summed E-state index contributed by atoms with van der Waals surface area (Å²) < 4.78 is 24.0. The van der Waals surface area contributed by atoms with Gasteiger partial charge in [0, 0.05) is 12.6 Å². The molecule has 1 atom stereocenters. The van der Waals surface area contributed by atoms with E-state index in [0.29, 0.717) is 11.3 Å². The van der Waals surface area contributed by atoms with Crippen molar-refractivity contribution in [1.82, 2.24) is 15.5 Å². The quantitative estimate of drug-likeness (QED) is 0.501. The summed E-state index contributed by atoms with van der Waals surface area (Å²) in [4.78, 5) is 40.3. The molecule has 2 N–H and O–H groups in total. The molecule has 4 rings (SSSR count). The number of nitrogens with zero attached hydrogens (tertiary/aromatic N) is 1. The smallest absolute Gasteiger partial charge is 0.287 e. The first-order valence-electron chi connectivity index (χ1n) is 11.2. The highest BCUT2D eigenvalue weighted by Crippen LogP contribution is 2.26. The lowest BCUT2D eigenvalue weighted by Crippen LogP contribution is -2.48. The largest absolute Gasteiger partial charge is 0.467 e. The number of carbonyl (C=O) groups excluding carboxylic acids is 3. The Balaban J connectivity index is 1.58. The Bertz CT molecular complexity index is 1090. The first-order chi connectivity index (χ1) is 16.5. The molecule has 8 nitrogen and oxygen atoms in total. The minimum Gasteiger partial charge on any atom is -0.467 e. The van der Waals surface area contributed by atoms with Crippen LogP contribution in [0.3, 0.4) is 0 Å². The van der Waals surface area contributed by atoms with E-state index in [1.54, 1.807) is 30.3 Å². The molecule has 0 unspecified atom stereocenters.